The van der Waals surface area contributed by atoms with Crippen molar-refractivity contribution in [3.05, 3.63) is 89.3 Å². The predicted molar refractivity (Wildman–Crippen MR) is 115 cm³/mol. The first-order valence-corrected chi connectivity index (χ1v) is 10.2. The summed E-state index contributed by atoms with van der Waals surface area (Å²) in [5, 5.41) is 4.12. The van der Waals surface area contributed by atoms with Crippen molar-refractivity contribution in [2.75, 3.05) is 37.6 Å². The Bertz CT molecular complexity index is 922. The van der Waals surface area contributed by atoms with E-state index in [1.807, 2.05) is 71.6 Å². The van der Waals surface area contributed by atoms with Gasteiger partial charge in [-0.2, -0.15) is 0 Å². The van der Waals surface area contributed by atoms with Crippen LogP contribution in [0, 0.1) is 0 Å². The molecule has 1 N–H and O–H groups in total. The molecule has 1 atom stereocenters. The normalized spacial score (nSPS) is 15.3. The minimum Gasteiger partial charge on any atom is -0.467 e. The number of anilines is 1. The van der Waals surface area contributed by atoms with Crippen molar-refractivity contribution in [1.29, 1.82) is 0 Å². The van der Waals surface area contributed by atoms with E-state index in [9.17, 15) is 4.79 Å². The fourth-order valence-electron chi connectivity index (χ4n) is 3.69. The van der Waals surface area contributed by atoms with Crippen LogP contribution in [0.4, 0.5) is 5.69 Å². The Hall–Kier alpha value is -2.76. The molecule has 2 heterocycles. The third-order valence-electron chi connectivity index (χ3n) is 5.24. The molecule has 1 amide bonds. The van der Waals surface area contributed by atoms with Crippen LogP contribution in [0.15, 0.2) is 77.4 Å². The highest BCUT2D eigenvalue weighted by atomic mass is 35.5. The standard InChI is InChI=1S/C23H24ClN3O2/c24-19-9-4-5-10-20(19)26-12-14-27(15-13-26)22(28)17-25-23(21-11-6-16-29-21)18-7-2-1-3-8-18/h1-11,16,23,25H,12-15,17H2/t23-/m0/s1. The van der Waals surface area contributed by atoms with Crippen LogP contribution in [0.1, 0.15) is 17.4 Å². The first kappa shape index (κ1) is 19.6. The SMILES string of the molecule is O=C(CN[C@@H](c1ccccc1)c1ccco1)N1CCN(c2ccccc2Cl)CC1. The molecule has 1 aromatic heterocycles. The van der Waals surface area contributed by atoms with Gasteiger partial charge in [0.15, 0.2) is 0 Å². The second kappa shape index (κ2) is 9.16. The minimum absolute atomic E-state index is 0.0938. The van der Waals surface area contributed by atoms with Crippen molar-refractivity contribution in [3.8, 4) is 0 Å². The molecule has 150 valence electrons. The van der Waals surface area contributed by atoms with E-state index in [2.05, 4.69) is 10.2 Å². The second-order valence-electron chi connectivity index (χ2n) is 7.06. The lowest BCUT2D eigenvalue weighted by Crippen LogP contribution is -2.51. The molecular weight excluding hydrogens is 386 g/mol. The fraction of sp³-hybridized carbons (Fsp3) is 0.261. The van der Waals surface area contributed by atoms with Crippen molar-refractivity contribution in [3.63, 3.8) is 0 Å². The third kappa shape index (κ3) is 4.63. The molecule has 1 saturated heterocycles. The van der Waals surface area contributed by atoms with Gasteiger partial charge < -0.3 is 14.2 Å². The lowest BCUT2D eigenvalue weighted by Gasteiger charge is -2.36. The van der Waals surface area contributed by atoms with Crippen LogP contribution in [-0.4, -0.2) is 43.5 Å². The largest absolute Gasteiger partial charge is 0.467 e. The summed E-state index contributed by atoms with van der Waals surface area (Å²) < 4.78 is 5.60. The Morgan fingerprint density at radius 1 is 0.966 bits per heavy atom. The van der Waals surface area contributed by atoms with Crippen molar-refractivity contribution >= 4 is 23.2 Å². The molecule has 0 aliphatic carbocycles. The van der Waals surface area contributed by atoms with Gasteiger partial charge >= 0.3 is 0 Å². The number of nitrogens with zero attached hydrogens (tertiary/aromatic N) is 2. The summed E-state index contributed by atoms with van der Waals surface area (Å²) in [5.41, 5.74) is 2.10. The van der Waals surface area contributed by atoms with E-state index in [1.54, 1.807) is 6.26 Å². The lowest BCUT2D eigenvalue weighted by atomic mass is 10.0. The fourth-order valence-corrected chi connectivity index (χ4v) is 3.95. The molecule has 0 bridgehead atoms. The Kier molecular flexibility index (Phi) is 6.17. The Labute approximate surface area is 175 Å². The molecule has 1 aliphatic heterocycles. The number of piperazine rings is 1. The molecule has 5 nitrogen and oxygen atoms in total. The number of nitrogens with one attached hydrogen (secondary N) is 1. The van der Waals surface area contributed by atoms with Gasteiger partial charge in [0.05, 0.1) is 29.6 Å². The molecular formula is C23H24ClN3O2. The number of amides is 1. The van der Waals surface area contributed by atoms with Crippen LogP contribution in [0.5, 0.6) is 0 Å². The topological polar surface area (TPSA) is 48.7 Å². The Balaban J connectivity index is 1.35. The van der Waals surface area contributed by atoms with Gasteiger partial charge in [-0.3, -0.25) is 10.1 Å². The van der Waals surface area contributed by atoms with Crippen LogP contribution >= 0.6 is 11.6 Å². The van der Waals surface area contributed by atoms with E-state index in [0.29, 0.717) is 13.1 Å². The van der Waals surface area contributed by atoms with Crippen LogP contribution in [-0.2, 0) is 4.79 Å². The third-order valence-corrected chi connectivity index (χ3v) is 5.56. The molecule has 0 radical (unpaired) electrons. The van der Waals surface area contributed by atoms with Gasteiger partial charge in [0.2, 0.25) is 5.91 Å². The summed E-state index contributed by atoms with van der Waals surface area (Å²) in [6.45, 7) is 3.17. The molecule has 2 aromatic carbocycles. The highest BCUT2D eigenvalue weighted by Crippen LogP contribution is 2.26. The number of hydrogen-bond donors (Lipinski definition) is 1. The number of rotatable bonds is 6. The van der Waals surface area contributed by atoms with Gasteiger partial charge in [-0.1, -0.05) is 54.1 Å². The Morgan fingerprint density at radius 2 is 1.69 bits per heavy atom. The molecule has 0 spiro atoms. The molecule has 3 aromatic rings. The van der Waals surface area contributed by atoms with E-state index >= 15 is 0 Å². The van der Waals surface area contributed by atoms with Gasteiger partial charge in [-0.15, -0.1) is 0 Å². The lowest BCUT2D eigenvalue weighted by molar-refractivity contribution is -0.130. The van der Waals surface area contributed by atoms with Gasteiger partial charge in [0.25, 0.3) is 0 Å². The van der Waals surface area contributed by atoms with Crippen molar-refractivity contribution in [2.45, 2.75) is 6.04 Å². The summed E-state index contributed by atoms with van der Waals surface area (Å²) in [6, 6.07) is 21.5. The van der Waals surface area contributed by atoms with Crippen LogP contribution in [0.3, 0.4) is 0 Å². The van der Waals surface area contributed by atoms with Gasteiger partial charge in [-0.05, 0) is 29.8 Å². The van der Waals surface area contributed by atoms with E-state index in [1.165, 1.54) is 0 Å². The average Bonchev–Trinajstić information content (AvgIpc) is 3.30. The number of carbonyl (C=O) groups is 1. The number of carbonyl (C=O) groups excluding carboxylic acids is 1. The van der Waals surface area contributed by atoms with E-state index in [-0.39, 0.29) is 18.5 Å². The number of hydrogen-bond acceptors (Lipinski definition) is 4. The number of para-hydroxylation sites is 1. The summed E-state index contributed by atoms with van der Waals surface area (Å²) >= 11 is 6.31. The number of furan rings is 1. The first-order valence-electron chi connectivity index (χ1n) is 9.81. The minimum atomic E-state index is -0.153. The summed E-state index contributed by atoms with van der Waals surface area (Å²) in [5.74, 6) is 0.892. The highest BCUT2D eigenvalue weighted by molar-refractivity contribution is 6.33. The first-order chi connectivity index (χ1) is 14.2. The van der Waals surface area contributed by atoms with Gasteiger partial charge in [-0.25, -0.2) is 0 Å². The highest BCUT2D eigenvalue weighted by Gasteiger charge is 2.24. The maximum absolute atomic E-state index is 12.8. The molecule has 1 fully saturated rings. The van der Waals surface area contributed by atoms with Crippen molar-refractivity contribution < 1.29 is 9.21 Å². The molecule has 1 aliphatic rings. The smallest absolute Gasteiger partial charge is 0.236 e. The van der Waals surface area contributed by atoms with Crippen molar-refractivity contribution in [2.24, 2.45) is 0 Å². The van der Waals surface area contributed by atoms with E-state index in [4.69, 9.17) is 16.0 Å². The summed E-state index contributed by atoms with van der Waals surface area (Å²) in [6.07, 6.45) is 1.66. The average molecular weight is 410 g/mol. The maximum Gasteiger partial charge on any atom is 0.236 e. The zero-order valence-electron chi connectivity index (χ0n) is 16.1. The van der Waals surface area contributed by atoms with Crippen LogP contribution in [0.25, 0.3) is 0 Å². The quantitative estimate of drug-likeness (QED) is 0.669. The monoisotopic (exact) mass is 409 g/mol. The zero-order chi connectivity index (χ0) is 20.1. The number of benzene rings is 2. The predicted octanol–water partition coefficient (Wildman–Crippen LogP) is 3.96. The van der Waals surface area contributed by atoms with Crippen LogP contribution < -0.4 is 10.2 Å². The molecule has 4 rings (SSSR count). The Morgan fingerprint density at radius 3 is 2.38 bits per heavy atom. The zero-order valence-corrected chi connectivity index (χ0v) is 16.9. The molecule has 0 unspecified atom stereocenters. The second-order valence-corrected chi connectivity index (χ2v) is 7.47. The maximum atomic E-state index is 12.8. The molecule has 0 saturated carbocycles. The van der Waals surface area contributed by atoms with E-state index < -0.39 is 0 Å². The number of halogens is 1. The van der Waals surface area contributed by atoms with E-state index in [0.717, 1.165) is 35.1 Å². The summed E-state index contributed by atoms with van der Waals surface area (Å²) in [7, 11) is 0. The molecule has 6 heteroatoms. The van der Waals surface area contributed by atoms with Gasteiger partial charge in [0.1, 0.15) is 5.76 Å². The van der Waals surface area contributed by atoms with Crippen LogP contribution in [0.2, 0.25) is 5.02 Å². The summed E-state index contributed by atoms with van der Waals surface area (Å²) in [4.78, 5) is 16.9. The molecule has 29 heavy (non-hydrogen) atoms. The van der Waals surface area contributed by atoms with Crippen molar-refractivity contribution in [1.82, 2.24) is 10.2 Å². The van der Waals surface area contributed by atoms with Gasteiger partial charge in [0, 0.05) is 26.2 Å².